The zero-order chi connectivity index (χ0) is 18.1. The summed E-state index contributed by atoms with van der Waals surface area (Å²) in [6, 6.07) is 7.31. The van der Waals surface area contributed by atoms with Crippen LogP contribution in [0.5, 0.6) is 0 Å². The molecule has 0 aliphatic carbocycles. The Balaban J connectivity index is 1.65. The number of hydrogen-bond acceptors (Lipinski definition) is 7. The summed E-state index contributed by atoms with van der Waals surface area (Å²) in [5, 5.41) is 11.1. The highest BCUT2D eigenvalue weighted by Crippen LogP contribution is 2.39. The summed E-state index contributed by atoms with van der Waals surface area (Å²) in [7, 11) is 0. The van der Waals surface area contributed by atoms with E-state index in [1.165, 1.54) is 0 Å². The van der Waals surface area contributed by atoms with Gasteiger partial charge < -0.3 is 14.4 Å². The maximum absolute atomic E-state index is 13.0. The molecule has 1 aromatic carbocycles. The Bertz CT molecular complexity index is 1120. The summed E-state index contributed by atoms with van der Waals surface area (Å²) < 4.78 is 5.55. The number of ketones is 1. The second kappa shape index (κ2) is 4.98. The number of rotatable bonds is 1. The average molecular weight is 348 g/mol. The minimum atomic E-state index is -1.60. The minimum Gasteiger partial charge on any atom is -0.439 e. The maximum Gasteiger partial charge on any atom is 0.204 e. The molecule has 130 valence electrons. The van der Waals surface area contributed by atoms with E-state index in [1.807, 2.05) is 30.0 Å². The maximum atomic E-state index is 13.0. The molecule has 2 aliphatic heterocycles. The standard InChI is InChI=1S/C19H16N4O3/c1-10-3-4-14-13(7-10)16(24)19(25)5-6-23(18(19)22-14)12-8-15-17(20-9-12)21-11(2)26-15/h3-4,7-9,25H,5-6H2,1-2H3/t19-/m1/s1. The average Bonchev–Trinajstić information content (AvgIpc) is 3.15. The van der Waals surface area contributed by atoms with Gasteiger partial charge in [0.2, 0.25) is 5.78 Å². The van der Waals surface area contributed by atoms with Crippen molar-refractivity contribution in [3.05, 3.63) is 47.5 Å². The van der Waals surface area contributed by atoms with Gasteiger partial charge in [0.1, 0.15) is 5.84 Å². The molecule has 7 nitrogen and oxygen atoms in total. The molecular formula is C19H16N4O3. The van der Waals surface area contributed by atoms with Gasteiger partial charge in [0.15, 0.2) is 22.7 Å². The number of carbonyl (C=O) groups is 1. The van der Waals surface area contributed by atoms with Gasteiger partial charge in [-0.3, -0.25) is 4.79 Å². The molecule has 1 fully saturated rings. The zero-order valence-corrected chi connectivity index (χ0v) is 14.4. The van der Waals surface area contributed by atoms with Crippen LogP contribution >= 0.6 is 0 Å². The van der Waals surface area contributed by atoms with E-state index in [1.54, 1.807) is 19.2 Å². The summed E-state index contributed by atoms with van der Waals surface area (Å²) in [4.78, 5) is 27.9. The molecule has 1 saturated heterocycles. The first-order valence-corrected chi connectivity index (χ1v) is 8.43. The summed E-state index contributed by atoms with van der Waals surface area (Å²) in [6.07, 6.45) is 1.94. The monoisotopic (exact) mass is 348 g/mol. The molecule has 26 heavy (non-hydrogen) atoms. The van der Waals surface area contributed by atoms with Crippen LogP contribution in [0.25, 0.3) is 11.2 Å². The number of aromatic nitrogens is 2. The number of hydrogen-bond donors (Lipinski definition) is 1. The Kier molecular flexibility index (Phi) is 2.92. The van der Waals surface area contributed by atoms with Crippen LogP contribution in [0.2, 0.25) is 0 Å². The molecule has 0 spiro atoms. The summed E-state index contributed by atoms with van der Waals surface area (Å²) in [5.41, 5.74) is 2.22. The quantitative estimate of drug-likeness (QED) is 0.727. The van der Waals surface area contributed by atoms with Crippen LogP contribution in [-0.2, 0) is 0 Å². The highest BCUT2D eigenvalue weighted by molar-refractivity contribution is 6.28. The van der Waals surface area contributed by atoms with E-state index < -0.39 is 5.60 Å². The Morgan fingerprint density at radius 1 is 1.27 bits per heavy atom. The lowest BCUT2D eigenvalue weighted by Gasteiger charge is -2.29. The van der Waals surface area contributed by atoms with Crippen molar-refractivity contribution in [3.8, 4) is 0 Å². The lowest BCUT2D eigenvalue weighted by Crippen LogP contribution is -2.48. The van der Waals surface area contributed by atoms with Gasteiger partial charge in [0.25, 0.3) is 0 Å². The minimum absolute atomic E-state index is 0.283. The number of aliphatic hydroxyl groups is 1. The molecule has 1 N–H and O–H groups in total. The van der Waals surface area contributed by atoms with E-state index in [9.17, 15) is 9.90 Å². The van der Waals surface area contributed by atoms with Crippen molar-refractivity contribution < 1.29 is 14.3 Å². The van der Waals surface area contributed by atoms with Crippen molar-refractivity contribution in [1.82, 2.24) is 9.97 Å². The van der Waals surface area contributed by atoms with Gasteiger partial charge in [-0.2, -0.15) is 4.98 Å². The first kappa shape index (κ1) is 15.2. The van der Waals surface area contributed by atoms with Crippen LogP contribution < -0.4 is 4.90 Å². The van der Waals surface area contributed by atoms with Crippen LogP contribution in [0.1, 0.15) is 28.2 Å². The molecule has 0 bridgehead atoms. The highest BCUT2D eigenvalue weighted by atomic mass is 16.3. The zero-order valence-electron chi connectivity index (χ0n) is 14.4. The first-order chi connectivity index (χ1) is 12.5. The fourth-order valence-corrected chi connectivity index (χ4v) is 3.66. The predicted molar refractivity (Wildman–Crippen MR) is 96.1 cm³/mol. The fourth-order valence-electron chi connectivity index (χ4n) is 3.66. The molecule has 3 aromatic rings. The van der Waals surface area contributed by atoms with E-state index in [0.717, 1.165) is 5.56 Å². The summed E-state index contributed by atoms with van der Waals surface area (Å²) in [6.45, 7) is 4.14. The number of Topliss-reactive ketones (excluding diaryl/α,β-unsaturated/α-hetero) is 1. The number of carbonyl (C=O) groups excluding carboxylic acids is 1. The van der Waals surface area contributed by atoms with E-state index >= 15 is 0 Å². The third-order valence-corrected chi connectivity index (χ3v) is 4.97. The van der Waals surface area contributed by atoms with Crippen molar-refractivity contribution in [2.75, 3.05) is 11.4 Å². The van der Waals surface area contributed by atoms with Crippen molar-refractivity contribution in [2.24, 2.45) is 4.99 Å². The van der Waals surface area contributed by atoms with Crippen LogP contribution in [-0.4, -0.2) is 38.8 Å². The molecular weight excluding hydrogens is 332 g/mol. The van der Waals surface area contributed by atoms with Gasteiger partial charge in [-0.25, -0.2) is 9.98 Å². The topological polar surface area (TPSA) is 91.8 Å². The van der Waals surface area contributed by atoms with Crippen LogP contribution in [0.15, 0.2) is 39.9 Å². The number of amidine groups is 1. The molecule has 1 atom stereocenters. The Morgan fingerprint density at radius 2 is 2.12 bits per heavy atom. The molecule has 0 radical (unpaired) electrons. The second-order valence-electron chi connectivity index (χ2n) is 6.80. The van der Waals surface area contributed by atoms with E-state index in [4.69, 9.17) is 4.42 Å². The molecule has 2 aliphatic rings. The van der Waals surface area contributed by atoms with Gasteiger partial charge >= 0.3 is 0 Å². The molecule has 0 saturated carbocycles. The third-order valence-electron chi connectivity index (χ3n) is 4.97. The SMILES string of the molecule is Cc1ccc2c(c1)C(=O)[C@]1(O)CCN(c3cnc4nc(C)oc4c3)C1=N2. The second-order valence-corrected chi connectivity index (χ2v) is 6.80. The van der Waals surface area contributed by atoms with Crippen molar-refractivity contribution >= 4 is 34.2 Å². The van der Waals surface area contributed by atoms with E-state index in [2.05, 4.69) is 15.0 Å². The third kappa shape index (κ3) is 1.97. The van der Waals surface area contributed by atoms with Gasteiger partial charge in [-0.05, 0) is 19.1 Å². The number of benzene rings is 1. The predicted octanol–water partition coefficient (Wildman–Crippen LogP) is 2.71. The Labute approximate surface area is 149 Å². The van der Waals surface area contributed by atoms with Crippen molar-refractivity contribution in [1.29, 1.82) is 0 Å². The summed E-state index contributed by atoms with van der Waals surface area (Å²) >= 11 is 0. The van der Waals surface area contributed by atoms with Crippen LogP contribution in [0.3, 0.4) is 0 Å². The Hall–Kier alpha value is -3.06. The first-order valence-electron chi connectivity index (χ1n) is 8.43. The van der Waals surface area contributed by atoms with Gasteiger partial charge in [-0.15, -0.1) is 0 Å². The smallest absolute Gasteiger partial charge is 0.204 e. The molecule has 7 heteroatoms. The number of nitrogens with zero attached hydrogens (tertiary/aromatic N) is 4. The van der Waals surface area contributed by atoms with Gasteiger partial charge in [0, 0.05) is 31.5 Å². The van der Waals surface area contributed by atoms with E-state index in [-0.39, 0.29) is 12.2 Å². The van der Waals surface area contributed by atoms with Gasteiger partial charge in [-0.1, -0.05) is 11.6 Å². The molecule has 2 aromatic heterocycles. The molecule has 5 rings (SSSR count). The molecule has 0 amide bonds. The molecule has 4 heterocycles. The summed E-state index contributed by atoms with van der Waals surface area (Å²) in [5.74, 6) is 0.585. The van der Waals surface area contributed by atoms with E-state index in [0.29, 0.717) is 46.4 Å². The number of fused-ring (bicyclic) bond motifs is 3. The number of aliphatic imine (C=N–C) groups is 1. The van der Waals surface area contributed by atoms with Crippen molar-refractivity contribution in [2.45, 2.75) is 25.9 Å². The highest BCUT2D eigenvalue weighted by Gasteiger charge is 2.52. The lowest BCUT2D eigenvalue weighted by molar-refractivity contribution is 0.0602. The largest absolute Gasteiger partial charge is 0.439 e. The van der Waals surface area contributed by atoms with Crippen LogP contribution in [0, 0.1) is 13.8 Å². The normalized spacial score (nSPS) is 21.7. The fraction of sp³-hybridized carbons (Fsp3) is 0.263. The number of pyridine rings is 1. The van der Waals surface area contributed by atoms with Crippen molar-refractivity contribution in [3.63, 3.8) is 0 Å². The number of anilines is 1. The number of aryl methyl sites for hydroxylation is 2. The van der Waals surface area contributed by atoms with Gasteiger partial charge in [0.05, 0.1) is 17.6 Å². The number of oxazole rings is 1. The Morgan fingerprint density at radius 3 is 2.96 bits per heavy atom. The lowest BCUT2D eigenvalue weighted by atomic mass is 9.87. The molecule has 0 unspecified atom stereocenters. The van der Waals surface area contributed by atoms with Crippen LogP contribution in [0.4, 0.5) is 11.4 Å².